The molecule has 0 aliphatic rings. The van der Waals surface area contributed by atoms with Crippen molar-refractivity contribution >= 4 is 0 Å². The molecule has 0 bridgehead atoms. The van der Waals surface area contributed by atoms with Crippen molar-refractivity contribution in [1.29, 1.82) is 0 Å². The highest BCUT2D eigenvalue weighted by molar-refractivity contribution is 4.81. The van der Waals surface area contributed by atoms with E-state index in [0.29, 0.717) is 12.2 Å². The Bertz CT molecular complexity index is 536. The van der Waals surface area contributed by atoms with E-state index in [1.54, 1.807) is 0 Å². The lowest BCUT2D eigenvalue weighted by atomic mass is 10.0. The van der Waals surface area contributed by atoms with Gasteiger partial charge >= 0.3 is 0 Å². The molecule has 0 fully saturated rings. The average Bonchev–Trinajstić information content (AvgIpc) is 3.04. The van der Waals surface area contributed by atoms with Gasteiger partial charge in [0.25, 0.3) is 0 Å². The minimum atomic E-state index is 0.278. The molecular formula is C42H82O3. The molecule has 0 saturated heterocycles. The van der Waals surface area contributed by atoms with Crippen LogP contribution in [0.5, 0.6) is 0 Å². The fraction of sp³-hybridized carbons (Fsp3) is 0.905. The molecule has 2 N–H and O–H groups in total. The molecule has 0 aromatic rings. The second-order valence-corrected chi connectivity index (χ2v) is 13.9. The van der Waals surface area contributed by atoms with Crippen molar-refractivity contribution in [2.75, 3.05) is 13.2 Å². The maximum Gasteiger partial charge on any atom is 0.0578 e. The van der Waals surface area contributed by atoms with E-state index in [2.05, 4.69) is 38.2 Å². The Balaban J connectivity index is 3.73. The summed E-state index contributed by atoms with van der Waals surface area (Å²) in [5, 5.41) is 17.6. The molecule has 0 amide bonds. The minimum Gasteiger partial charge on any atom is -0.396 e. The molecule has 3 nitrogen and oxygen atoms in total. The average molecular weight is 635 g/mol. The van der Waals surface area contributed by atoms with E-state index in [1.165, 1.54) is 193 Å². The van der Waals surface area contributed by atoms with Crippen molar-refractivity contribution < 1.29 is 14.9 Å². The Hall–Kier alpha value is -0.640. The maximum absolute atomic E-state index is 8.78. The highest BCUT2D eigenvalue weighted by Gasteiger charge is 2.15. The van der Waals surface area contributed by atoms with Crippen LogP contribution in [0.3, 0.4) is 0 Å². The van der Waals surface area contributed by atoms with E-state index in [1.807, 2.05) is 0 Å². The van der Waals surface area contributed by atoms with Gasteiger partial charge in [-0.2, -0.15) is 0 Å². The summed E-state index contributed by atoms with van der Waals surface area (Å²) in [4.78, 5) is 0. The molecule has 0 heterocycles. The van der Waals surface area contributed by atoms with Gasteiger partial charge in [-0.1, -0.05) is 179 Å². The summed E-state index contributed by atoms with van der Waals surface area (Å²) in [5.74, 6) is 0. The molecule has 0 radical (unpaired) electrons. The second-order valence-electron chi connectivity index (χ2n) is 13.9. The van der Waals surface area contributed by atoms with Crippen LogP contribution in [-0.4, -0.2) is 35.6 Å². The van der Waals surface area contributed by atoms with Gasteiger partial charge in [-0.25, -0.2) is 0 Å². The minimum absolute atomic E-state index is 0.278. The van der Waals surface area contributed by atoms with Crippen LogP contribution in [0.2, 0.25) is 0 Å². The van der Waals surface area contributed by atoms with Gasteiger partial charge in [0.1, 0.15) is 0 Å². The number of allylic oxidation sites excluding steroid dienone is 2. The van der Waals surface area contributed by atoms with Crippen LogP contribution < -0.4 is 0 Å². The number of hydrogen-bond acceptors (Lipinski definition) is 3. The molecule has 3 heteroatoms. The SMILES string of the molecule is CCCC(CCCCCCCCCCCCCC=CCCO)OC(CCC)CCCCCCCCCCCCCC=CCCO. The molecule has 268 valence electrons. The predicted molar refractivity (Wildman–Crippen MR) is 200 cm³/mol. The first-order chi connectivity index (χ1) is 22.3. The van der Waals surface area contributed by atoms with Gasteiger partial charge in [-0.15, -0.1) is 0 Å². The third-order valence-corrected chi connectivity index (χ3v) is 9.32. The molecule has 0 spiro atoms. The van der Waals surface area contributed by atoms with Crippen LogP contribution in [0, 0.1) is 0 Å². The van der Waals surface area contributed by atoms with Gasteiger partial charge in [0.15, 0.2) is 0 Å². The van der Waals surface area contributed by atoms with E-state index < -0.39 is 0 Å². The lowest BCUT2D eigenvalue weighted by Gasteiger charge is -2.25. The number of unbranched alkanes of at least 4 members (excludes halogenated alkanes) is 22. The van der Waals surface area contributed by atoms with Crippen molar-refractivity contribution in [3.8, 4) is 0 Å². The normalized spacial score (nSPS) is 13.4. The topological polar surface area (TPSA) is 49.7 Å². The van der Waals surface area contributed by atoms with Crippen molar-refractivity contribution in [3.05, 3.63) is 24.3 Å². The second kappa shape index (κ2) is 39.5. The van der Waals surface area contributed by atoms with Gasteiger partial charge in [-0.3, -0.25) is 0 Å². The molecule has 0 rings (SSSR count). The molecule has 0 aromatic heterocycles. The van der Waals surface area contributed by atoms with Gasteiger partial charge in [0, 0.05) is 13.2 Å². The van der Waals surface area contributed by atoms with Gasteiger partial charge in [0.2, 0.25) is 0 Å². The molecule has 2 atom stereocenters. The van der Waals surface area contributed by atoms with Crippen molar-refractivity contribution in [3.63, 3.8) is 0 Å². The first-order valence-electron chi connectivity index (χ1n) is 20.5. The van der Waals surface area contributed by atoms with Crippen LogP contribution >= 0.6 is 0 Å². The number of hydrogen-bond donors (Lipinski definition) is 2. The Morgan fingerprint density at radius 3 is 0.911 bits per heavy atom. The molecular weight excluding hydrogens is 552 g/mol. The molecule has 45 heavy (non-hydrogen) atoms. The third-order valence-electron chi connectivity index (χ3n) is 9.32. The number of aliphatic hydroxyl groups is 2. The molecule has 0 aliphatic carbocycles. The summed E-state index contributed by atoms with van der Waals surface area (Å²) in [7, 11) is 0. The van der Waals surface area contributed by atoms with Crippen LogP contribution in [0.25, 0.3) is 0 Å². The lowest BCUT2D eigenvalue weighted by Crippen LogP contribution is -2.22. The third kappa shape index (κ3) is 36.0. The lowest BCUT2D eigenvalue weighted by molar-refractivity contribution is -0.0308. The monoisotopic (exact) mass is 635 g/mol. The quantitative estimate of drug-likeness (QED) is 0.0525. The summed E-state index contributed by atoms with van der Waals surface area (Å²) >= 11 is 0. The summed E-state index contributed by atoms with van der Waals surface area (Å²) in [6.45, 7) is 5.20. The fourth-order valence-corrected chi connectivity index (χ4v) is 6.55. The van der Waals surface area contributed by atoms with Crippen LogP contribution in [0.4, 0.5) is 0 Å². The fourth-order valence-electron chi connectivity index (χ4n) is 6.55. The van der Waals surface area contributed by atoms with Gasteiger partial charge in [-0.05, 0) is 64.2 Å². The largest absolute Gasteiger partial charge is 0.396 e. The molecule has 0 aromatic carbocycles. The smallest absolute Gasteiger partial charge is 0.0578 e. The van der Waals surface area contributed by atoms with E-state index >= 15 is 0 Å². The zero-order valence-electron chi connectivity index (χ0n) is 30.8. The summed E-state index contributed by atoms with van der Waals surface area (Å²) in [6.07, 6.45) is 51.6. The zero-order chi connectivity index (χ0) is 32.7. The summed E-state index contributed by atoms with van der Waals surface area (Å²) < 4.78 is 6.75. The number of aliphatic hydroxyl groups excluding tert-OH is 2. The summed E-state index contributed by atoms with van der Waals surface area (Å²) in [5.41, 5.74) is 0. The van der Waals surface area contributed by atoms with E-state index in [9.17, 15) is 0 Å². The summed E-state index contributed by atoms with van der Waals surface area (Å²) in [6, 6.07) is 0. The van der Waals surface area contributed by atoms with Crippen molar-refractivity contribution in [1.82, 2.24) is 0 Å². The molecule has 0 saturated carbocycles. The van der Waals surface area contributed by atoms with Crippen LogP contribution in [-0.2, 0) is 4.74 Å². The van der Waals surface area contributed by atoms with E-state index in [-0.39, 0.29) is 13.2 Å². The number of ether oxygens (including phenoxy) is 1. The zero-order valence-corrected chi connectivity index (χ0v) is 30.8. The molecule has 0 aliphatic heterocycles. The standard InChI is InChI=1S/C42H82O3/c1-3-35-41(37-31-27-23-19-15-11-7-5-9-13-17-21-25-29-33-39-43)45-42(36-4-2)38-32-28-24-20-16-12-8-6-10-14-18-22-26-30-34-40-44/h25-26,29-30,41-44H,3-24,27-28,31-40H2,1-2H3. The van der Waals surface area contributed by atoms with E-state index in [4.69, 9.17) is 14.9 Å². The highest BCUT2D eigenvalue weighted by atomic mass is 16.5. The van der Waals surface area contributed by atoms with Crippen molar-refractivity contribution in [2.24, 2.45) is 0 Å². The van der Waals surface area contributed by atoms with Gasteiger partial charge in [0.05, 0.1) is 12.2 Å². The Morgan fingerprint density at radius 1 is 0.356 bits per heavy atom. The Morgan fingerprint density at radius 2 is 0.622 bits per heavy atom. The first-order valence-corrected chi connectivity index (χ1v) is 20.5. The van der Waals surface area contributed by atoms with Crippen molar-refractivity contribution in [2.45, 2.75) is 232 Å². The Kier molecular flexibility index (Phi) is 39.0. The van der Waals surface area contributed by atoms with Gasteiger partial charge < -0.3 is 14.9 Å². The highest BCUT2D eigenvalue weighted by Crippen LogP contribution is 2.21. The number of rotatable bonds is 38. The van der Waals surface area contributed by atoms with E-state index in [0.717, 1.165) is 12.8 Å². The molecule has 2 unspecified atom stereocenters. The van der Waals surface area contributed by atoms with Crippen LogP contribution in [0.15, 0.2) is 24.3 Å². The van der Waals surface area contributed by atoms with Crippen LogP contribution in [0.1, 0.15) is 219 Å². The predicted octanol–water partition coefficient (Wildman–Crippen LogP) is 13.4. The Labute approximate surface area is 283 Å². The maximum atomic E-state index is 8.78. The first kappa shape index (κ1) is 44.4.